The predicted molar refractivity (Wildman–Crippen MR) is 36.4 cm³/mol. The van der Waals surface area contributed by atoms with Crippen molar-refractivity contribution in [2.45, 2.75) is 26.2 Å². The van der Waals surface area contributed by atoms with Gasteiger partial charge in [0.1, 0.15) is 0 Å². The monoisotopic (exact) mass is 221 g/mol. The van der Waals surface area contributed by atoms with Gasteiger partial charge in [-0.25, -0.2) is 4.39 Å². The van der Waals surface area contributed by atoms with Gasteiger partial charge in [-0.2, -0.15) is 6.42 Å². The second-order valence-corrected chi connectivity index (χ2v) is 1.56. The van der Waals surface area contributed by atoms with E-state index in [1.165, 1.54) is 12.8 Å². The van der Waals surface area contributed by atoms with Gasteiger partial charge in [0.05, 0.1) is 0 Å². The molecule has 0 aromatic rings. The summed E-state index contributed by atoms with van der Waals surface area (Å²) in [6, 6.07) is -1.58. The van der Waals surface area contributed by atoms with Crippen molar-refractivity contribution in [3.05, 3.63) is 13.8 Å². The maximum Gasteiger partial charge on any atom is 0.168 e. The van der Waals surface area contributed by atoms with E-state index >= 15 is 0 Å². The largest absolute Gasteiger partial charge is 0.343 e. The average molecular weight is 221 g/mol. The summed E-state index contributed by atoms with van der Waals surface area (Å²) < 4.78 is 10.2. The van der Waals surface area contributed by atoms with Crippen LogP contribution in [0.15, 0.2) is 0 Å². The molecule has 0 atom stereocenters. The van der Waals surface area contributed by atoms with Gasteiger partial charge in [0.25, 0.3) is 0 Å². The number of halogens is 1. The smallest absolute Gasteiger partial charge is 0.168 e. The molecule has 0 aliphatic heterocycles. The van der Waals surface area contributed by atoms with E-state index in [1.54, 1.807) is 0 Å². The molecule has 3 heteroatoms. The van der Waals surface area contributed by atoms with Crippen LogP contribution in [0.1, 0.15) is 26.2 Å². The third kappa shape index (κ3) is 74.2. The van der Waals surface area contributed by atoms with Crippen molar-refractivity contribution in [3.8, 4) is 0 Å². The fraction of sp³-hybridized carbons (Fsp3) is 0.571. The summed E-state index contributed by atoms with van der Waals surface area (Å²) in [4.78, 5) is 8.67. The van der Waals surface area contributed by atoms with Crippen molar-refractivity contribution in [1.82, 2.24) is 0 Å². The third-order valence-electron chi connectivity index (χ3n) is 0.604. The second-order valence-electron chi connectivity index (χ2n) is 1.56. The van der Waals surface area contributed by atoms with Gasteiger partial charge in [0.15, 0.2) is 6.04 Å². The van der Waals surface area contributed by atoms with Crippen LogP contribution in [0.25, 0.3) is 0 Å². The molecule has 0 aromatic carbocycles. The molecule has 0 rings (SSSR count). The molecule has 0 aromatic heterocycles. The van der Waals surface area contributed by atoms with Gasteiger partial charge >= 0.3 is 0 Å². The van der Waals surface area contributed by atoms with Gasteiger partial charge < -0.3 is 13.8 Å². The quantitative estimate of drug-likeness (QED) is 0.516. The molecular weight excluding hydrogens is 208 g/mol. The average Bonchev–Trinajstić information content (AvgIpc) is 1.66. The minimum absolute atomic E-state index is 0. The zero-order chi connectivity index (χ0) is 7.70. The van der Waals surface area contributed by atoms with Gasteiger partial charge in [-0.3, -0.25) is 4.79 Å². The van der Waals surface area contributed by atoms with Crippen molar-refractivity contribution >= 4 is 6.04 Å². The van der Waals surface area contributed by atoms with Gasteiger partial charge in [-0.05, 0) is 0 Å². The first-order valence-corrected chi connectivity index (χ1v) is 2.95. The number of hydrogen-bond acceptors (Lipinski definition) is 1. The molecule has 0 unspecified atom stereocenters. The Morgan fingerprint density at radius 3 is 1.90 bits per heavy atom. The van der Waals surface area contributed by atoms with Gasteiger partial charge in [-0.15, -0.1) is 0 Å². The minimum Gasteiger partial charge on any atom is -0.343 e. The molecule has 0 N–H and O–H groups in total. The van der Waals surface area contributed by atoms with Crippen LogP contribution in [-0.2, 0) is 37.5 Å². The summed E-state index contributed by atoms with van der Waals surface area (Å²) in [6.45, 7) is 8.18. The van der Waals surface area contributed by atoms with Gasteiger partial charge in [0.2, 0.25) is 0 Å². The summed E-state index contributed by atoms with van der Waals surface area (Å²) >= 11 is 0. The molecule has 0 amide bonds. The van der Waals surface area contributed by atoms with Crippen LogP contribution in [0.5, 0.6) is 0 Å². The Balaban J connectivity index is -0.0000000910. The Kier molecular flexibility index (Phi) is 27.5. The maximum absolute atomic E-state index is 10.2. The summed E-state index contributed by atoms with van der Waals surface area (Å²) in [6.07, 6.45) is 3.65. The minimum atomic E-state index is -1.58. The van der Waals surface area contributed by atoms with E-state index in [9.17, 15) is 4.39 Å². The molecule has 10 heavy (non-hydrogen) atoms. The van der Waals surface area contributed by atoms with E-state index in [1.807, 2.05) is 0 Å². The molecule has 0 bridgehead atoms. The third-order valence-corrected chi connectivity index (χ3v) is 0.604. The van der Waals surface area contributed by atoms with E-state index < -0.39 is 6.04 Å². The normalized spacial score (nSPS) is 6.70. The SMILES string of the molecule is [CH2-]C(=O)F.[CH2-]CCCC.[Y]. The predicted octanol–water partition coefficient (Wildman–Crippen LogP) is 2.32. The van der Waals surface area contributed by atoms with Crippen LogP contribution in [-0.4, -0.2) is 6.04 Å². The standard InChI is InChI=1S/C5H11.C2H2FO.Y/c1-3-5-4-2;1-2(3)4;/h1,3-5H2,2H3;1H2;/q2*-1;. The Labute approximate surface area is 87.6 Å². The molecule has 0 aliphatic carbocycles. The Hall–Kier alpha value is 0.574. The molecule has 0 saturated heterocycles. The number of rotatable bonds is 2. The van der Waals surface area contributed by atoms with E-state index in [0.717, 1.165) is 6.42 Å². The molecule has 0 saturated carbocycles. The second kappa shape index (κ2) is 16.3. The fourth-order valence-electron chi connectivity index (χ4n) is 0.250. The van der Waals surface area contributed by atoms with Crippen molar-refractivity contribution in [1.29, 1.82) is 0 Å². The van der Waals surface area contributed by atoms with Crippen molar-refractivity contribution in [2.24, 2.45) is 0 Å². The first-order valence-electron chi connectivity index (χ1n) is 2.95. The van der Waals surface area contributed by atoms with Crippen LogP contribution in [0.2, 0.25) is 0 Å². The van der Waals surface area contributed by atoms with Crippen LogP contribution in [0.4, 0.5) is 4.39 Å². The van der Waals surface area contributed by atoms with Crippen LogP contribution in [0, 0.1) is 13.8 Å². The Bertz CT molecular complexity index is 60.6. The number of hydrogen-bond donors (Lipinski definition) is 0. The summed E-state index contributed by atoms with van der Waals surface area (Å²) in [5.74, 6) is 0. The maximum atomic E-state index is 10.2. The van der Waals surface area contributed by atoms with Gasteiger partial charge in [0, 0.05) is 32.7 Å². The molecule has 0 fully saturated rings. The molecule has 1 nitrogen and oxygen atoms in total. The van der Waals surface area contributed by atoms with E-state index in [-0.39, 0.29) is 32.7 Å². The summed E-state index contributed by atoms with van der Waals surface area (Å²) in [5.41, 5.74) is 0. The van der Waals surface area contributed by atoms with Crippen molar-refractivity contribution in [2.75, 3.05) is 0 Å². The number of unbranched alkanes of at least 4 members (excludes halogenated alkanes) is 2. The van der Waals surface area contributed by atoms with E-state index in [4.69, 9.17) is 4.79 Å². The van der Waals surface area contributed by atoms with Gasteiger partial charge in [-0.1, -0.05) is 19.8 Å². The topological polar surface area (TPSA) is 17.1 Å². The van der Waals surface area contributed by atoms with Crippen molar-refractivity contribution < 1.29 is 41.9 Å². The summed E-state index contributed by atoms with van der Waals surface area (Å²) in [7, 11) is 0. The molecule has 0 spiro atoms. The van der Waals surface area contributed by atoms with Crippen LogP contribution >= 0.6 is 0 Å². The zero-order valence-electron chi connectivity index (χ0n) is 6.40. The first kappa shape index (κ1) is 16.9. The van der Waals surface area contributed by atoms with Crippen LogP contribution < -0.4 is 0 Å². The first-order chi connectivity index (χ1) is 4.15. The van der Waals surface area contributed by atoms with Crippen molar-refractivity contribution in [3.63, 3.8) is 0 Å². The number of carbonyl (C=O) groups is 1. The number of carbonyl (C=O) groups excluding carboxylic acids is 1. The van der Waals surface area contributed by atoms with E-state index in [2.05, 4.69) is 20.8 Å². The fourth-order valence-corrected chi connectivity index (χ4v) is 0.250. The zero-order valence-corrected chi connectivity index (χ0v) is 9.24. The molecule has 0 aliphatic rings. The molecule has 1 radical (unpaired) electrons. The Morgan fingerprint density at radius 2 is 1.90 bits per heavy atom. The Morgan fingerprint density at radius 1 is 1.60 bits per heavy atom. The molecular formula is C7H13FOY-2. The molecule has 59 valence electrons. The molecule has 0 heterocycles. The van der Waals surface area contributed by atoms with E-state index in [0.29, 0.717) is 0 Å². The summed E-state index contributed by atoms with van der Waals surface area (Å²) in [5, 5.41) is 0. The van der Waals surface area contributed by atoms with Crippen LogP contribution in [0.3, 0.4) is 0 Å².